The molecule has 0 amide bonds. The lowest BCUT2D eigenvalue weighted by atomic mass is 10.1. The Morgan fingerprint density at radius 1 is 1.30 bits per heavy atom. The zero-order valence-electron chi connectivity index (χ0n) is 13.7. The van der Waals surface area contributed by atoms with Crippen LogP contribution in [0.1, 0.15) is 25.8 Å². The Labute approximate surface area is 135 Å². The van der Waals surface area contributed by atoms with Crippen molar-refractivity contribution in [2.24, 2.45) is 0 Å². The number of rotatable bonds is 6. The molecule has 2 aliphatic heterocycles. The first-order valence-corrected chi connectivity index (χ1v) is 7.90. The summed E-state index contributed by atoms with van der Waals surface area (Å²) in [6.45, 7) is 3.28. The molecule has 5 nitrogen and oxygen atoms in total. The van der Waals surface area contributed by atoms with Gasteiger partial charge in [-0.05, 0) is 31.0 Å². The molecule has 1 unspecified atom stereocenters. The molecule has 2 heterocycles. The van der Waals surface area contributed by atoms with Gasteiger partial charge in [0.15, 0.2) is 12.1 Å². The van der Waals surface area contributed by atoms with E-state index in [1.807, 2.05) is 31.2 Å². The van der Waals surface area contributed by atoms with Gasteiger partial charge in [0.1, 0.15) is 24.6 Å². The van der Waals surface area contributed by atoms with Gasteiger partial charge in [-0.1, -0.05) is 19.1 Å². The highest BCUT2D eigenvalue weighted by Gasteiger charge is 2.56. The number of alkyl halides is 1. The van der Waals surface area contributed by atoms with Crippen LogP contribution < -0.4 is 4.74 Å². The smallest absolute Gasteiger partial charge is 0.197 e. The van der Waals surface area contributed by atoms with Crippen LogP contribution in [0.5, 0.6) is 5.75 Å². The van der Waals surface area contributed by atoms with E-state index in [4.69, 9.17) is 23.7 Å². The minimum Gasteiger partial charge on any atom is -0.497 e. The fourth-order valence-corrected chi connectivity index (χ4v) is 3.02. The maximum Gasteiger partial charge on any atom is 0.197 e. The molecular weight excluding hydrogens is 303 g/mol. The van der Waals surface area contributed by atoms with Gasteiger partial charge in [0.2, 0.25) is 0 Å². The third-order valence-corrected chi connectivity index (χ3v) is 4.24. The Balaban J connectivity index is 1.67. The number of benzene rings is 1. The monoisotopic (exact) mass is 326 g/mol. The van der Waals surface area contributed by atoms with Crippen molar-refractivity contribution in [2.45, 2.75) is 57.3 Å². The summed E-state index contributed by atoms with van der Waals surface area (Å²) in [5.74, 6) is -0.463. The lowest BCUT2D eigenvalue weighted by Crippen LogP contribution is -2.38. The van der Waals surface area contributed by atoms with E-state index in [0.717, 1.165) is 17.7 Å². The number of fused-ring (bicyclic) bond motifs is 1. The summed E-state index contributed by atoms with van der Waals surface area (Å²) < 4.78 is 41.4. The highest BCUT2D eigenvalue weighted by atomic mass is 19.1. The fourth-order valence-electron chi connectivity index (χ4n) is 3.02. The molecule has 2 saturated heterocycles. The normalized spacial score (nSPS) is 36.2. The first-order chi connectivity index (χ1) is 11.1. The van der Waals surface area contributed by atoms with Crippen LogP contribution in [0.4, 0.5) is 4.39 Å². The molecule has 2 aliphatic rings. The van der Waals surface area contributed by atoms with Crippen LogP contribution in [0.2, 0.25) is 0 Å². The molecule has 5 atom stereocenters. The van der Waals surface area contributed by atoms with Crippen molar-refractivity contribution in [1.82, 2.24) is 0 Å². The number of hydrogen-bond acceptors (Lipinski definition) is 5. The molecule has 3 rings (SSSR count). The van der Waals surface area contributed by atoms with Crippen LogP contribution in [-0.4, -0.2) is 44.2 Å². The molecule has 0 radical (unpaired) electrons. The van der Waals surface area contributed by atoms with Crippen molar-refractivity contribution < 1.29 is 28.1 Å². The van der Waals surface area contributed by atoms with E-state index in [-0.39, 0.29) is 12.2 Å². The van der Waals surface area contributed by atoms with Crippen LogP contribution in [0.15, 0.2) is 24.3 Å². The molecular formula is C17H23FO5. The summed E-state index contributed by atoms with van der Waals surface area (Å²) >= 11 is 0. The average Bonchev–Trinajstić information content (AvgIpc) is 3.06. The van der Waals surface area contributed by atoms with E-state index < -0.39 is 24.9 Å². The molecule has 6 heteroatoms. The summed E-state index contributed by atoms with van der Waals surface area (Å²) in [4.78, 5) is 0. The van der Waals surface area contributed by atoms with Crippen molar-refractivity contribution in [2.75, 3.05) is 13.8 Å². The molecule has 0 spiro atoms. The first-order valence-electron chi connectivity index (χ1n) is 7.90. The molecule has 23 heavy (non-hydrogen) atoms. The Bertz CT molecular complexity index is 539. The first kappa shape index (κ1) is 16.6. The molecule has 128 valence electrons. The second-order valence-corrected chi connectivity index (χ2v) is 6.05. The maximum atomic E-state index is 13.1. The largest absolute Gasteiger partial charge is 0.497 e. The quantitative estimate of drug-likeness (QED) is 0.804. The van der Waals surface area contributed by atoms with E-state index in [9.17, 15) is 4.39 Å². The van der Waals surface area contributed by atoms with Gasteiger partial charge in [0.05, 0.1) is 19.8 Å². The highest BCUT2D eigenvalue weighted by molar-refractivity contribution is 5.27. The topological polar surface area (TPSA) is 46.2 Å². The minimum atomic E-state index is -1.24. The van der Waals surface area contributed by atoms with Crippen LogP contribution in [0.25, 0.3) is 0 Å². The molecule has 0 N–H and O–H groups in total. The molecule has 1 aromatic rings. The van der Waals surface area contributed by atoms with Crippen LogP contribution >= 0.6 is 0 Å². The van der Waals surface area contributed by atoms with E-state index in [1.54, 1.807) is 14.0 Å². The van der Waals surface area contributed by atoms with Crippen molar-refractivity contribution >= 4 is 0 Å². The van der Waals surface area contributed by atoms with Gasteiger partial charge in [0.25, 0.3) is 0 Å². The Kier molecular flexibility index (Phi) is 4.87. The van der Waals surface area contributed by atoms with E-state index in [1.165, 1.54) is 0 Å². The number of methoxy groups -OCH3 is 1. The van der Waals surface area contributed by atoms with E-state index >= 15 is 0 Å². The van der Waals surface area contributed by atoms with Gasteiger partial charge in [-0.25, -0.2) is 4.39 Å². The minimum absolute atomic E-state index is 0.125. The third-order valence-electron chi connectivity index (χ3n) is 4.24. The highest BCUT2D eigenvalue weighted by Crippen LogP contribution is 2.40. The maximum absolute atomic E-state index is 13.1. The number of halogens is 1. The van der Waals surface area contributed by atoms with Crippen LogP contribution in [-0.2, 0) is 25.6 Å². The van der Waals surface area contributed by atoms with Crippen LogP contribution in [0.3, 0.4) is 0 Å². The lowest BCUT2D eigenvalue weighted by Gasteiger charge is -2.26. The van der Waals surface area contributed by atoms with Gasteiger partial charge in [0, 0.05) is 0 Å². The Morgan fingerprint density at radius 2 is 2.13 bits per heavy atom. The standard InChI is InChI=1S/C17H23FO5/c1-4-13-14(15-16(21-13)23-17(2,10-18)22-15)20-9-11-6-5-7-12(8-11)19-3/h5-8,13-16H,4,9-10H2,1-3H3/t13-,14+,15-,16-,17?/m1/s1. The van der Waals surface area contributed by atoms with Crippen molar-refractivity contribution in [3.05, 3.63) is 29.8 Å². The van der Waals surface area contributed by atoms with Crippen LogP contribution in [0, 0.1) is 0 Å². The van der Waals surface area contributed by atoms with Crippen molar-refractivity contribution in [3.63, 3.8) is 0 Å². The summed E-state index contributed by atoms with van der Waals surface area (Å²) in [6.07, 6.45) is -0.624. The van der Waals surface area contributed by atoms with Gasteiger partial charge >= 0.3 is 0 Å². The molecule has 0 bridgehead atoms. The van der Waals surface area contributed by atoms with E-state index in [0.29, 0.717) is 6.61 Å². The van der Waals surface area contributed by atoms with E-state index in [2.05, 4.69) is 0 Å². The Hall–Kier alpha value is -1.21. The molecule has 1 aromatic carbocycles. The predicted molar refractivity (Wildman–Crippen MR) is 80.9 cm³/mol. The number of hydrogen-bond donors (Lipinski definition) is 0. The second-order valence-electron chi connectivity index (χ2n) is 6.05. The molecule has 0 aliphatic carbocycles. The van der Waals surface area contributed by atoms with Gasteiger partial charge in [-0.2, -0.15) is 0 Å². The Morgan fingerprint density at radius 3 is 2.83 bits per heavy atom. The van der Waals surface area contributed by atoms with Gasteiger partial charge < -0.3 is 23.7 Å². The lowest BCUT2D eigenvalue weighted by molar-refractivity contribution is -0.233. The average molecular weight is 326 g/mol. The summed E-state index contributed by atoms with van der Waals surface area (Å²) in [5, 5.41) is 0. The molecule has 0 saturated carbocycles. The van der Waals surface area contributed by atoms with Gasteiger partial charge in [-0.15, -0.1) is 0 Å². The summed E-state index contributed by atoms with van der Waals surface area (Å²) in [5.41, 5.74) is 0.995. The zero-order chi connectivity index (χ0) is 16.4. The number of ether oxygens (including phenoxy) is 5. The third kappa shape index (κ3) is 3.35. The van der Waals surface area contributed by atoms with Gasteiger partial charge in [-0.3, -0.25) is 0 Å². The summed E-state index contributed by atoms with van der Waals surface area (Å²) in [6, 6.07) is 7.69. The van der Waals surface area contributed by atoms with Crippen molar-refractivity contribution in [3.8, 4) is 5.75 Å². The van der Waals surface area contributed by atoms with Crippen molar-refractivity contribution in [1.29, 1.82) is 0 Å². The second kappa shape index (κ2) is 6.73. The fraction of sp³-hybridized carbons (Fsp3) is 0.647. The molecule has 0 aromatic heterocycles. The SMILES string of the molecule is CC[C@H]1O[C@@H]2OC(C)(CF)O[C@@H]2[C@H]1OCc1cccc(OC)c1. The molecule has 2 fully saturated rings. The summed E-state index contributed by atoms with van der Waals surface area (Å²) in [7, 11) is 1.63. The predicted octanol–water partition coefficient (Wildman–Crippen LogP) is 2.82. The zero-order valence-corrected chi connectivity index (χ0v) is 13.7.